The number of aromatic nitrogens is 1. The van der Waals surface area contributed by atoms with Crippen molar-refractivity contribution in [2.75, 3.05) is 19.6 Å². The van der Waals surface area contributed by atoms with Gasteiger partial charge in [0.2, 0.25) is 5.89 Å². The number of nitrogens with zero attached hydrogens (tertiary/aromatic N) is 2. The van der Waals surface area contributed by atoms with Crippen LogP contribution in [0.1, 0.15) is 39.0 Å². The summed E-state index contributed by atoms with van der Waals surface area (Å²) < 4.78 is 5.59. The fourth-order valence-corrected chi connectivity index (χ4v) is 2.33. The number of halogens is 1. The van der Waals surface area contributed by atoms with Crippen molar-refractivity contribution in [3.63, 3.8) is 0 Å². The summed E-state index contributed by atoms with van der Waals surface area (Å²) in [5.41, 5.74) is 3.12. The molecule has 2 rings (SSSR count). The van der Waals surface area contributed by atoms with Crippen LogP contribution in [0, 0.1) is 6.92 Å². The number of hydrogen-bond donors (Lipinski definition) is 3. The van der Waals surface area contributed by atoms with E-state index in [9.17, 15) is 0 Å². The van der Waals surface area contributed by atoms with Gasteiger partial charge >= 0.3 is 0 Å². The molecular formula is C20H32IN5O. The molecule has 6 nitrogen and oxygen atoms in total. The van der Waals surface area contributed by atoms with E-state index in [2.05, 4.69) is 72.7 Å². The quantitative estimate of drug-likeness (QED) is 0.241. The molecule has 0 atom stereocenters. The van der Waals surface area contributed by atoms with Gasteiger partial charge in [0.05, 0.1) is 6.54 Å². The zero-order chi connectivity index (χ0) is 19.0. The molecule has 1 heterocycles. The van der Waals surface area contributed by atoms with Crippen LogP contribution in [0.15, 0.2) is 39.9 Å². The highest BCUT2D eigenvalue weighted by molar-refractivity contribution is 14.0. The lowest BCUT2D eigenvalue weighted by Crippen LogP contribution is -2.44. The van der Waals surface area contributed by atoms with E-state index in [1.54, 1.807) is 6.26 Å². The minimum absolute atomic E-state index is 0. The van der Waals surface area contributed by atoms with Crippen LogP contribution in [0.3, 0.4) is 0 Å². The maximum atomic E-state index is 5.59. The summed E-state index contributed by atoms with van der Waals surface area (Å²) >= 11 is 0. The van der Waals surface area contributed by atoms with Gasteiger partial charge in [0.15, 0.2) is 5.96 Å². The van der Waals surface area contributed by atoms with Crippen LogP contribution in [-0.2, 0) is 6.54 Å². The van der Waals surface area contributed by atoms with Gasteiger partial charge in [-0.15, -0.1) is 24.0 Å². The summed E-state index contributed by atoms with van der Waals surface area (Å²) in [6.07, 6.45) is 1.67. The number of benzene rings is 1. The van der Waals surface area contributed by atoms with Crippen molar-refractivity contribution < 1.29 is 4.42 Å². The molecule has 0 saturated carbocycles. The normalized spacial score (nSPS) is 11.8. The number of rotatable bonds is 7. The van der Waals surface area contributed by atoms with Crippen LogP contribution in [0.25, 0.3) is 11.5 Å². The molecule has 0 amide bonds. The van der Waals surface area contributed by atoms with Crippen LogP contribution in [-0.4, -0.2) is 36.1 Å². The molecule has 0 spiro atoms. The Balaban J connectivity index is 0.00000364. The maximum Gasteiger partial charge on any atom is 0.226 e. The first-order valence-electron chi connectivity index (χ1n) is 9.16. The molecule has 0 bridgehead atoms. The lowest BCUT2D eigenvalue weighted by atomic mass is 10.1. The average Bonchev–Trinajstić information content (AvgIpc) is 3.05. The van der Waals surface area contributed by atoms with E-state index in [4.69, 9.17) is 4.42 Å². The molecule has 2 aromatic rings. The highest BCUT2D eigenvalue weighted by Gasteiger charge is 2.08. The predicted octanol–water partition coefficient (Wildman–Crippen LogP) is 3.71. The standard InChI is InChI=1S/C20H31N5O.HI/c1-6-21-19(22-11-12-24-20(3,4)5)23-13-17-14-26-18(25-17)16-9-7-15(2)8-10-16;/h7-10,14,24H,6,11-13H2,1-5H3,(H2,21,22,23);1H. The van der Waals surface area contributed by atoms with Crippen molar-refractivity contribution in [2.45, 2.75) is 46.7 Å². The number of aliphatic imine (C=N–C) groups is 1. The lowest BCUT2D eigenvalue weighted by Gasteiger charge is -2.21. The zero-order valence-electron chi connectivity index (χ0n) is 16.9. The van der Waals surface area contributed by atoms with Gasteiger partial charge in [-0.05, 0) is 46.8 Å². The van der Waals surface area contributed by atoms with Gasteiger partial charge in [0, 0.05) is 30.7 Å². The van der Waals surface area contributed by atoms with Gasteiger partial charge in [0.1, 0.15) is 12.0 Å². The molecule has 1 aromatic carbocycles. The van der Waals surface area contributed by atoms with Crippen LogP contribution in [0.2, 0.25) is 0 Å². The largest absolute Gasteiger partial charge is 0.444 e. The van der Waals surface area contributed by atoms with Crippen LogP contribution in [0.5, 0.6) is 0 Å². The molecule has 0 radical (unpaired) electrons. The van der Waals surface area contributed by atoms with E-state index in [1.165, 1.54) is 5.56 Å². The van der Waals surface area contributed by atoms with Gasteiger partial charge in [-0.2, -0.15) is 0 Å². The first-order valence-corrected chi connectivity index (χ1v) is 9.16. The summed E-state index contributed by atoms with van der Waals surface area (Å²) in [5, 5.41) is 10.0. The molecule has 7 heteroatoms. The fraction of sp³-hybridized carbons (Fsp3) is 0.500. The lowest BCUT2D eigenvalue weighted by molar-refractivity contribution is 0.428. The SMILES string of the molecule is CCNC(=NCc1coc(-c2ccc(C)cc2)n1)NCCNC(C)(C)C.I. The van der Waals surface area contributed by atoms with Crippen LogP contribution < -0.4 is 16.0 Å². The third kappa shape index (κ3) is 8.75. The molecule has 3 N–H and O–H groups in total. The molecule has 0 aliphatic rings. The monoisotopic (exact) mass is 485 g/mol. The fourth-order valence-electron chi connectivity index (χ4n) is 2.33. The van der Waals surface area contributed by atoms with Crippen molar-refractivity contribution in [3.8, 4) is 11.5 Å². The van der Waals surface area contributed by atoms with Gasteiger partial charge in [-0.3, -0.25) is 0 Å². The van der Waals surface area contributed by atoms with Crippen molar-refractivity contribution in [2.24, 2.45) is 4.99 Å². The zero-order valence-corrected chi connectivity index (χ0v) is 19.3. The number of nitrogens with one attached hydrogen (secondary N) is 3. The van der Waals surface area contributed by atoms with Crippen LogP contribution in [0.4, 0.5) is 0 Å². The number of guanidine groups is 1. The molecule has 0 unspecified atom stereocenters. The minimum Gasteiger partial charge on any atom is -0.444 e. The summed E-state index contributed by atoms with van der Waals surface area (Å²) in [7, 11) is 0. The van der Waals surface area contributed by atoms with E-state index in [0.29, 0.717) is 12.4 Å². The summed E-state index contributed by atoms with van der Waals surface area (Å²) in [6, 6.07) is 8.14. The van der Waals surface area contributed by atoms with Crippen LogP contribution >= 0.6 is 24.0 Å². The second-order valence-electron chi connectivity index (χ2n) is 7.31. The first-order chi connectivity index (χ1) is 12.4. The Bertz CT molecular complexity index is 704. The average molecular weight is 485 g/mol. The number of oxazole rings is 1. The summed E-state index contributed by atoms with van der Waals surface area (Å²) in [5.74, 6) is 1.41. The van der Waals surface area contributed by atoms with E-state index in [1.807, 2.05) is 12.1 Å². The second-order valence-corrected chi connectivity index (χ2v) is 7.31. The van der Waals surface area contributed by atoms with Crippen molar-refractivity contribution in [1.29, 1.82) is 0 Å². The molecule has 27 heavy (non-hydrogen) atoms. The first kappa shape index (κ1) is 23.4. The molecule has 0 aliphatic carbocycles. The van der Waals surface area contributed by atoms with E-state index < -0.39 is 0 Å². The molecule has 0 aliphatic heterocycles. The third-order valence-corrected chi connectivity index (χ3v) is 3.67. The van der Waals surface area contributed by atoms with E-state index in [-0.39, 0.29) is 29.5 Å². The highest BCUT2D eigenvalue weighted by Crippen LogP contribution is 2.19. The summed E-state index contributed by atoms with van der Waals surface area (Å²) in [6.45, 7) is 13.5. The maximum absolute atomic E-state index is 5.59. The number of aryl methyl sites for hydroxylation is 1. The minimum atomic E-state index is 0. The smallest absolute Gasteiger partial charge is 0.226 e. The Morgan fingerprint density at radius 3 is 2.44 bits per heavy atom. The van der Waals surface area contributed by atoms with Gasteiger partial charge in [-0.1, -0.05) is 17.7 Å². The Hall–Kier alpha value is -1.61. The van der Waals surface area contributed by atoms with Crippen molar-refractivity contribution in [1.82, 2.24) is 20.9 Å². The van der Waals surface area contributed by atoms with E-state index >= 15 is 0 Å². The van der Waals surface area contributed by atoms with Gasteiger partial charge in [0.25, 0.3) is 0 Å². The molecule has 0 saturated heterocycles. The Morgan fingerprint density at radius 1 is 1.11 bits per heavy atom. The van der Waals surface area contributed by atoms with E-state index in [0.717, 1.165) is 36.9 Å². The van der Waals surface area contributed by atoms with Crippen molar-refractivity contribution >= 4 is 29.9 Å². The highest BCUT2D eigenvalue weighted by atomic mass is 127. The molecule has 1 aromatic heterocycles. The Kier molecular flexibility index (Phi) is 9.79. The Morgan fingerprint density at radius 2 is 1.81 bits per heavy atom. The summed E-state index contributed by atoms with van der Waals surface area (Å²) in [4.78, 5) is 9.11. The van der Waals surface area contributed by atoms with Crippen molar-refractivity contribution in [3.05, 3.63) is 41.8 Å². The molecule has 0 fully saturated rings. The second kappa shape index (κ2) is 11.3. The molecular weight excluding hydrogens is 453 g/mol. The predicted molar refractivity (Wildman–Crippen MR) is 123 cm³/mol. The van der Waals surface area contributed by atoms with Gasteiger partial charge in [-0.25, -0.2) is 9.98 Å². The van der Waals surface area contributed by atoms with Gasteiger partial charge < -0.3 is 20.4 Å². The Labute approximate surface area is 179 Å². The third-order valence-electron chi connectivity index (χ3n) is 3.67. The topological polar surface area (TPSA) is 74.5 Å². The number of hydrogen-bond acceptors (Lipinski definition) is 4. The molecule has 150 valence electrons.